The summed E-state index contributed by atoms with van der Waals surface area (Å²) in [4.78, 5) is 51.9. The van der Waals surface area contributed by atoms with E-state index in [-0.39, 0.29) is 41.5 Å². The molecule has 1 atom stereocenters. The van der Waals surface area contributed by atoms with Gasteiger partial charge in [0.2, 0.25) is 5.56 Å². The van der Waals surface area contributed by atoms with E-state index in [0.29, 0.717) is 37.2 Å². The van der Waals surface area contributed by atoms with Gasteiger partial charge in [-0.2, -0.15) is 0 Å². The Morgan fingerprint density at radius 2 is 1.62 bits per heavy atom. The van der Waals surface area contributed by atoms with Gasteiger partial charge in [0.05, 0.1) is 6.61 Å². The van der Waals surface area contributed by atoms with Gasteiger partial charge in [-0.25, -0.2) is 0 Å². The number of esters is 1. The molecule has 7 heteroatoms. The van der Waals surface area contributed by atoms with Crippen LogP contribution in [0.1, 0.15) is 75.9 Å². The Labute approximate surface area is 229 Å². The van der Waals surface area contributed by atoms with Crippen molar-refractivity contribution in [2.24, 2.45) is 13.0 Å². The van der Waals surface area contributed by atoms with Crippen LogP contribution in [0, 0.1) is 12.8 Å². The van der Waals surface area contributed by atoms with Crippen LogP contribution in [0.15, 0.2) is 71.7 Å². The number of carbonyl (C=O) groups excluding carboxylic acids is 3. The van der Waals surface area contributed by atoms with E-state index >= 15 is 0 Å². The number of Topliss-reactive ketones (excluding diaryl/α,β-unsaturated/α-hetero) is 1. The molecule has 1 aliphatic rings. The first-order chi connectivity index (χ1) is 18.8. The molecule has 1 aromatic heterocycles. The van der Waals surface area contributed by atoms with Gasteiger partial charge in [-0.15, -0.1) is 0 Å². The summed E-state index contributed by atoms with van der Waals surface area (Å²) >= 11 is 0. The Hall–Kier alpha value is -4.00. The zero-order valence-corrected chi connectivity index (χ0v) is 22.9. The molecule has 1 fully saturated rings. The van der Waals surface area contributed by atoms with Crippen LogP contribution >= 0.6 is 0 Å². The average molecular weight is 529 g/mol. The number of pyridine rings is 1. The molecular formula is C32H36N2O5. The van der Waals surface area contributed by atoms with Crippen LogP contribution in [0.25, 0.3) is 0 Å². The minimum atomic E-state index is -0.196. The first-order valence-corrected chi connectivity index (χ1v) is 13.6. The molecule has 0 aliphatic carbocycles. The second-order valence-electron chi connectivity index (χ2n) is 10.3. The number of ether oxygens (including phenoxy) is 1. The van der Waals surface area contributed by atoms with Crippen molar-refractivity contribution >= 4 is 17.7 Å². The average Bonchev–Trinajstić information content (AvgIpc) is 2.94. The third-order valence-electron chi connectivity index (χ3n) is 7.58. The summed E-state index contributed by atoms with van der Waals surface area (Å²) in [7, 11) is 1.64. The number of likely N-dealkylation sites (tertiary alicyclic amines) is 1. The smallest absolute Gasteiger partial charge is 0.306 e. The van der Waals surface area contributed by atoms with Gasteiger partial charge in [0, 0.05) is 62.3 Å². The highest BCUT2D eigenvalue weighted by Gasteiger charge is 2.26. The Morgan fingerprint density at radius 1 is 0.949 bits per heavy atom. The lowest BCUT2D eigenvalue weighted by atomic mass is 9.83. The van der Waals surface area contributed by atoms with Gasteiger partial charge in [0.25, 0.3) is 5.91 Å². The molecule has 0 spiro atoms. The number of nitrogens with zero attached hydrogens (tertiary/aromatic N) is 2. The highest BCUT2D eigenvalue weighted by Crippen LogP contribution is 2.32. The lowest BCUT2D eigenvalue weighted by molar-refractivity contribution is -0.144. The molecule has 7 nitrogen and oxygen atoms in total. The van der Waals surface area contributed by atoms with Gasteiger partial charge in [0.1, 0.15) is 0 Å². The molecule has 2 heterocycles. The number of ketones is 1. The molecule has 0 radical (unpaired) electrons. The molecule has 3 aromatic rings. The topological polar surface area (TPSA) is 85.7 Å². The molecule has 204 valence electrons. The van der Waals surface area contributed by atoms with E-state index < -0.39 is 0 Å². The van der Waals surface area contributed by atoms with Crippen molar-refractivity contribution in [3.05, 3.63) is 105 Å². The number of carbonyl (C=O) groups is 3. The standard InChI is InChI=1S/C32H36N2O5/c1-4-39-31(37)19-23-15-17-34(18-16-23)32(38)25-11-9-24(10-12-25)28(27-8-6-5-7-22(27)2)20-29(35)26-13-14-30(36)33(3)21-26/h5-14,21,23,28H,4,15-20H2,1-3H3. The number of hydrogen-bond donors (Lipinski definition) is 0. The van der Waals surface area contributed by atoms with Gasteiger partial charge in [-0.1, -0.05) is 36.4 Å². The quantitative estimate of drug-likeness (QED) is 0.291. The van der Waals surface area contributed by atoms with Gasteiger partial charge in [-0.3, -0.25) is 19.2 Å². The summed E-state index contributed by atoms with van der Waals surface area (Å²) in [6, 6.07) is 18.5. The van der Waals surface area contributed by atoms with E-state index in [1.165, 1.54) is 10.6 Å². The van der Waals surface area contributed by atoms with Gasteiger partial charge >= 0.3 is 5.97 Å². The fraction of sp³-hybridized carbons (Fsp3) is 0.375. The molecule has 1 unspecified atom stereocenters. The molecule has 0 N–H and O–H groups in total. The molecule has 39 heavy (non-hydrogen) atoms. The summed E-state index contributed by atoms with van der Waals surface area (Å²) in [6.07, 6.45) is 3.79. The van der Waals surface area contributed by atoms with E-state index in [1.54, 1.807) is 26.2 Å². The van der Waals surface area contributed by atoms with Crippen LogP contribution in [0.2, 0.25) is 0 Å². The fourth-order valence-electron chi connectivity index (χ4n) is 5.28. The molecule has 2 aromatic carbocycles. The van der Waals surface area contributed by atoms with Gasteiger partial charge in [0.15, 0.2) is 5.78 Å². The van der Waals surface area contributed by atoms with Crippen molar-refractivity contribution in [2.45, 2.75) is 45.4 Å². The minimum Gasteiger partial charge on any atom is -0.466 e. The van der Waals surface area contributed by atoms with E-state index in [9.17, 15) is 19.2 Å². The lowest BCUT2D eigenvalue weighted by Gasteiger charge is -2.31. The van der Waals surface area contributed by atoms with Crippen molar-refractivity contribution in [2.75, 3.05) is 19.7 Å². The van der Waals surface area contributed by atoms with Crippen molar-refractivity contribution in [3.8, 4) is 0 Å². The van der Waals surface area contributed by atoms with Crippen LogP contribution in [-0.4, -0.2) is 46.8 Å². The third kappa shape index (κ3) is 6.91. The highest BCUT2D eigenvalue weighted by molar-refractivity contribution is 5.97. The predicted molar refractivity (Wildman–Crippen MR) is 150 cm³/mol. The number of rotatable bonds is 9. The van der Waals surface area contributed by atoms with Gasteiger partial charge < -0.3 is 14.2 Å². The zero-order chi connectivity index (χ0) is 27.9. The normalized spacial score (nSPS) is 14.6. The molecule has 1 aliphatic heterocycles. The maximum atomic E-state index is 13.3. The number of aryl methyl sites for hydroxylation is 2. The van der Waals surface area contributed by atoms with Crippen LogP contribution in [0.5, 0.6) is 0 Å². The first-order valence-electron chi connectivity index (χ1n) is 13.6. The van der Waals surface area contributed by atoms with E-state index in [0.717, 1.165) is 29.5 Å². The van der Waals surface area contributed by atoms with E-state index in [1.807, 2.05) is 60.4 Å². The largest absolute Gasteiger partial charge is 0.466 e. The van der Waals surface area contributed by atoms with Crippen molar-refractivity contribution in [1.82, 2.24) is 9.47 Å². The number of aromatic nitrogens is 1. The monoisotopic (exact) mass is 528 g/mol. The second kappa shape index (κ2) is 12.7. The van der Waals surface area contributed by atoms with E-state index in [4.69, 9.17) is 4.74 Å². The molecular weight excluding hydrogens is 492 g/mol. The third-order valence-corrected chi connectivity index (χ3v) is 7.58. The molecule has 1 amide bonds. The van der Waals surface area contributed by atoms with Crippen molar-refractivity contribution in [1.29, 1.82) is 0 Å². The second-order valence-corrected chi connectivity index (χ2v) is 10.3. The van der Waals surface area contributed by atoms with Crippen molar-refractivity contribution < 1.29 is 19.1 Å². The fourth-order valence-corrected chi connectivity index (χ4v) is 5.28. The molecule has 0 bridgehead atoms. The SMILES string of the molecule is CCOC(=O)CC1CCN(C(=O)c2ccc(C(CC(=O)c3ccc(=O)n(C)c3)c3ccccc3C)cc2)CC1. The minimum absolute atomic E-state index is 0.0233. The Kier molecular flexibility index (Phi) is 9.12. The summed E-state index contributed by atoms with van der Waals surface area (Å²) in [5.74, 6) is -0.195. The predicted octanol–water partition coefficient (Wildman–Crippen LogP) is 4.90. The first kappa shape index (κ1) is 28.0. The summed E-state index contributed by atoms with van der Waals surface area (Å²) in [6.45, 7) is 5.45. The molecule has 1 saturated heterocycles. The number of hydrogen-bond acceptors (Lipinski definition) is 5. The van der Waals surface area contributed by atoms with Crippen molar-refractivity contribution in [3.63, 3.8) is 0 Å². The Bertz CT molecular complexity index is 1380. The molecule has 4 rings (SSSR count). The molecule has 0 saturated carbocycles. The van der Waals surface area contributed by atoms with E-state index in [2.05, 4.69) is 0 Å². The number of amides is 1. The Balaban J connectivity index is 1.49. The number of piperidine rings is 1. The van der Waals surface area contributed by atoms with Crippen LogP contribution < -0.4 is 5.56 Å². The van der Waals surface area contributed by atoms with Crippen LogP contribution in [0.4, 0.5) is 0 Å². The summed E-state index contributed by atoms with van der Waals surface area (Å²) < 4.78 is 6.48. The highest BCUT2D eigenvalue weighted by atomic mass is 16.5. The van der Waals surface area contributed by atoms with Crippen LogP contribution in [0.3, 0.4) is 0 Å². The summed E-state index contributed by atoms with van der Waals surface area (Å²) in [5.41, 5.74) is 4.03. The number of benzene rings is 2. The summed E-state index contributed by atoms with van der Waals surface area (Å²) in [5, 5.41) is 0. The maximum Gasteiger partial charge on any atom is 0.306 e. The zero-order valence-electron chi connectivity index (χ0n) is 22.9. The maximum absolute atomic E-state index is 13.3. The Morgan fingerprint density at radius 3 is 2.26 bits per heavy atom. The van der Waals surface area contributed by atoms with Gasteiger partial charge in [-0.05, 0) is 67.5 Å². The lowest BCUT2D eigenvalue weighted by Crippen LogP contribution is -2.39. The van der Waals surface area contributed by atoms with Crippen LogP contribution in [-0.2, 0) is 16.6 Å².